The fourth-order valence-corrected chi connectivity index (χ4v) is 3.16. The molecule has 0 radical (unpaired) electrons. The van der Waals surface area contributed by atoms with E-state index in [1.165, 1.54) is 12.8 Å². The largest absolute Gasteiger partial charge is 0.379 e. The smallest absolute Gasteiger partial charge is 0.130 e. The highest BCUT2D eigenvalue weighted by Crippen LogP contribution is 2.36. The van der Waals surface area contributed by atoms with Gasteiger partial charge in [-0.2, -0.15) is 0 Å². The third kappa shape index (κ3) is 3.13. The Hall–Kier alpha value is -1.35. The lowest BCUT2D eigenvalue weighted by molar-refractivity contribution is 0.0268. The van der Waals surface area contributed by atoms with E-state index in [0.29, 0.717) is 0 Å². The molecular formula is C18H22ClNO. The zero-order valence-corrected chi connectivity index (χ0v) is 12.9. The van der Waals surface area contributed by atoms with Crippen LogP contribution in [-0.2, 0) is 5.60 Å². The molecule has 2 aromatic rings. The van der Waals surface area contributed by atoms with E-state index in [2.05, 4.69) is 5.32 Å². The summed E-state index contributed by atoms with van der Waals surface area (Å²) in [5.74, 6) is 0. The first-order valence-corrected chi connectivity index (χ1v) is 7.38. The number of rotatable bonds is 3. The zero-order chi connectivity index (χ0) is 13.8. The Kier molecular flexibility index (Phi) is 5.40. The Labute approximate surface area is 132 Å². The number of piperidine rings is 1. The van der Waals surface area contributed by atoms with Crippen molar-refractivity contribution in [2.24, 2.45) is 0 Å². The molecule has 0 amide bonds. The average molecular weight is 304 g/mol. The van der Waals surface area contributed by atoms with Crippen molar-refractivity contribution in [3.05, 3.63) is 71.8 Å². The molecule has 0 unspecified atom stereocenters. The van der Waals surface area contributed by atoms with Crippen molar-refractivity contribution in [1.29, 1.82) is 0 Å². The highest BCUT2D eigenvalue weighted by molar-refractivity contribution is 5.85. The van der Waals surface area contributed by atoms with Gasteiger partial charge in [0.25, 0.3) is 0 Å². The maximum absolute atomic E-state index is 11.5. The van der Waals surface area contributed by atoms with Gasteiger partial charge in [-0.25, -0.2) is 0 Å². The normalized spacial score (nSPS) is 18.8. The summed E-state index contributed by atoms with van der Waals surface area (Å²) < 4.78 is 0. The minimum Gasteiger partial charge on any atom is -0.379 e. The Morgan fingerprint density at radius 3 is 1.81 bits per heavy atom. The highest BCUT2D eigenvalue weighted by atomic mass is 35.5. The summed E-state index contributed by atoms with van der Waals surface area (Å²) in [4.78, 5) is 0. The lowest BCUT2D eigenvalue weighted by Crippen LogP contribution is -2.51. The van der Waals surface area contributed by atoms with Gasteiger partial charge in [0.2, 0.25) is 0 Å². The summed E-state index contributed by atoms with van der Waals surface area (Å²) >= 11 is 0. The summed E-state index contributed by atoms with van der Waals surface area (Å²) in [6.07, 6.45) is 3.36. The van der Waals surface area contributed by atoms with Gasteiger partial charge in [-0.15, -0.1) is 12.4 Å². The van der Waals surface area contributed by atoms with Crippen LogP contribution in [0.3, 0.4) is 0 Å². The van der Waals surface area contributed by atoms with Crippen molar-refractivity contribution in [2.45, 2.75) is 30.9 Å². The number of aliphatic hydroxyl groups is 1. The van der Waals surface area contributed by atoms with E-state index in [4.69, 9.17) is 0 Å². The second kappa shape index (κ2) is 7.08. The van der Waals surface area contributed by atoms with Crippen molar-refractivity contribution in [2.75, 3.05) is 6.54 Å². The number of benzene rings is 2. The van der Waals surface area contributed by atoms with Crippen LogP contribution in [0.5, 0.6) is 0 Å². The standard InChI is InChI=1S/C18H21NO.ClH/c20-18(15-9-3-1-4-10-15,16-11-5-2-6-12-16)17-13-7-8-14-19-17;/h1-6,9-12,17,19-20H,7-8,13-14H2;1H/t17-;/m0./s1. The molecule has 21 heavy (non-hydrogen) atoms. The molecule has 1 aliphatic heterocycles. The SMILES string of the molecule is Cl.OC(c1ccccc1)(c1ccccc1)[C@@H]1CCCCN1. The summed E-state index contributed by atoms with van der Waals surface area (Å²) in [7, 11) is 0. The quantitative estimate of drug-likeness (QED) is 0.910. The predicted octanol–water partition coefficient (Wildman–Crippen LogP) is 3.49. The van der Waals surface area contributed by atoms with E-state index < -0.39 is 5.60 Å². The Morgan fingerprint density at radius 1 is 0.857 bits per heavy atom. The van der Waals surface area contributed by atoms with Crippen molar-refractivity contribution < 1.29 is 5.11 Å². The van der Waals surface area contributed by atoms with Gasteiger partial charge in [-0.05, 0) is 30.5 Å². The van der Waals surface area contributed by atoms with Gasteiger partial charge < -0.3 is 10.4 Å². The third-order valence-electron chi connectivity index (χ3n) is 4.24. The van der Waals surface area contributed by atoms with Crippen molar-refractivity contribution >= 4 is 12.4 Å². The van der Waals surface area contributed by atoms with Crippen LogP contribution in [0.25, 0.3) is 0 Å². The van der Waals surface area contributed by atoms with Gasteiger partial charge in [0, 0.05) is 6.04 Å². The number of halogens is 1. The topological polar surface area (TPSA) is 32.3 Å². The van der Waals surface area contributed by atoms with E-state index in [1.54, 1.807) is 0 Å². The molecule has 3 heteroatoms. The first-order valence-electron chi connectivity index (χ1n) is 7.38. The van der Waals surface area contributed by atoms with E-state index in [1.807, 2.05) is 60.7 Å². The van der Waals surface area contributed by atoms with Crippen LogP contribution in [-0.4, -0.2) is 17.7 Å². The maximum Gasteiger partial charge on any atom is 0.130 e. The Bertz CT molecular complexity index is 498. The van der Waals surface area contributed by atoms with Gasteiger partial charge in [0.1, 0.15) is 5.60 Å². The van der Waals surface area contributed by atoms with Gasteiger partial charge >= 0.3 is 0 Å². The Balaban J connectivity index is 0.00000161. The van der Waals surface area contributed by atoms with E-state index in [9.17, 15) is 5.11 Å². The zero-order valence-electron chi connectivity index (χ0n) is 12.0. The van der Waals surface area contributed by atoms with Crippen LogP contribution in [0.2, 0.25) is 0 Å². The van der Waals surface area contributed by atoms with Crippen LogP contribution in [0, 0.1) is 0 Å². The van der Waals surface area contributed by atoms with Gasteiger partial charge in [0.05, 0.1) is 0 Å². The van der Waals surface area contributed by atoms with Crippen LogP contribution in [0.4, 0.5) is 0 Å². The van der Waals surface area contributed by atoms with Crippen LogP contribution in [0.15, 0.2) is 60.7 Å². The molecular weight excluding hydrogens is 282 g/mol. The van der Waals surface area contributed by atoms with E-state index in [0.717, 1.165) is 24.1 Å². The second-order valence-corrected chi connectivity index (χ2v) is 5.50. The minimum atomic E-state index is -0.955. The molecule has 1 heterocycles. The molecule has 2 nitrogen and oxygen atoms in total. The molecule has 0 spiro atoms. The van der Waals surface area contributed by atoms with Gasteiger partial charge in [-0.1, -0.05) is 67.1 Å². The first-order chi connectivity index (χ1) is 9.82. The minimum absolute atomic E-state index is 0. The number of hydrogen-bond donors (Lipinski definition) is 2. The fraction of sp³-hybridized carbons (Fsp3) is 0.333. The molecule has 3 rings (SSSR count). The summed E-state index contributed by atoms with van der Waals surface area (Å²) in [5.41, 5.74) is 0.972. The van der Waals surface area contributed by atoms with E-state index in [-0.39, 0.29) is 18.4 Å². The van der Waals surface area contributed by atoms with E-state index >= 15 is 0 Å². The van der Waals surface area contributed by atoms with Crippen LogP contribution >= 0.6 is 12.4 Å². The molecule has 1 aliphatic rings. The fourth-order valence-electron chi connectivity index (χ4n) is 3.16. The van der Waals surface area contributed by atoms with Crippen molar-refractivity contribution in [3.8, 4) is 0 Å². The maximum atomic E-state index is 11.5. The average Bonchev–Trinajstić information content (AvgIpc) is 2.56. The molecule has 1 saturated heterocycles. The lowest BCUT2D eigenvalue weighted by atomic mass is 9.77. The summed E-state index contributed by atoms with van der Waals surface area (Å²) in [6, 6.07) is 20.1. The molecule has 1 atom stereocenters. The molecule has 2 N–H and O–H groups in total. The second-order valence-electron chi connectivity index (χ2n) is 5.50. The highest BCUT2D eigenvalue weighted by Gasteiger charge is 2.40. The Morgan fingerprint density at radius 2 is 1.38 bits per heavy atom. The van der Waals surface area contributed by atoms with Crippen molar-refractivity contribution in [3.63, 3.8) is 0 Å². The van der Waals surface area contributed by atoms with Gasteiger partial charge in [-0.3, -0.25) is 0 Å². The van der Waals surface area contributed by atoms with Crippen molar-refractivity contribution in [1.82, 2.24) is 5.32 Å². The van der Waals surface area contributed by atoms with Gasteiger partial charge in [0.15, 0.2) is 0 Å². The molecule has 0 saturated carbocycles. The summed E-state index contributed by atoms with van der Waals surface area (Å²) in [5, 5.41) is 15.0. The monoisotopic (exact) mass is 303 g/mol. The third-order valence-corrected chi connectivity index (χ3v) is 4.24. The van der Waals surface area contributed by atoms with Crippen LogP contribution < -0.4 is 5.32 Å². The molecule has 1 fully saturated rings. The molecule has 112 valence electrons. The molecule has 0 bridgehead atoms. The number of nitrogens with one attached hydrogen (secondary N) is 1. The summed E-state index contributed by atoms with van der Waals surface area (Å²) in [6.45, 7) is 0.979. The van der Waals surface area contributed by atoms with Crippen LogP contribution in [0.1, 0.15) is 30.4 Å². The predicted molar refractivity (Wildman–Crippen MR) is 88.8 cm³/mol. The number of hydrogen-bond acceptors (Lipinski definition) is 2. The molecule has 2 aromatic carbocycles. The molecule has 0 aromatic heterocycles. The first kappa shape index (κ1) is 16.0. The molecule has 0 aliphatic carbocycles. The lowest BCUT2D eigenvalue weighted by Gasteiger charge is -2.40.